The molecule has 2 aliphatic heterocycles. The quantitative estimate of drug-likeness (QED) is 0.485. The van der Waals surface area contributed by atoms with E-state index in [1.54, 1.807) is 0 Å². The lowest BCUT2D eigenvalue weighted by Gasteiger charge is -2.60. The lowest BCUT2D eigenvalue weighted by atomic mass is 9.57. The summed E-state index contributed by atoms with van der Waals surface area (Å²) in [5.74, 6) is 0. The standard InChI is InChI=1S/C28H52N2O2/c1-25(2,27(11-7-5-8-12-27)29-17-21-31-22-18-29)15-16-26(3,4)28(13-9-6-10-14-28)30-19-23-32-24-20-30/h5-24H2,1-4H3. The number of hydrogen-bond donors (Lipinski definition) is 0. The van der Waals surface area contributed by atoms with Crippen LogP contribution in [0.5, 0.6) is 0 Å². The largest absolute Gasteiger partial charge is 0.379 e. The van der Waals surface area contributed by atoms with Crippen molar-refractivity contribution in [3.8, 4) is 0 Å². The summed E-state index contributed by atoms with van der Waals surface area (Å²) in [6, 6.07) is 0. The summed E-state index contributed by atoms with van der Waals surface area (Å²) in [7, 11) is 0. The normalized spacial score (nSPS) is 28.5. The fourth-order valence-electron chi connectivity index (χ4n) is 8.19. The Balaban J connectivity index is 1.53. The Morgan fingerprint density at radius 3 is 1.16 bits per heavy atom. The van der Waals surface area contributed by atoms with Crippen molar-refractivity contribution in [3.63, 3.8) is 0 Å². The van der Waals surface area contributed by atoms with E-state index in [2.05, 4.69) is 37.5 Å². The van der Waals surface area contributed by atoms with E-state index in [0.29, 0.717) is 21.9 Å². The van der Waals surface area contributed by atoms with Crippen molar-refractivity contribution in [1.82, 2.24) is 9.80 Å². The van der Waals surface area contributed by atoms with Crippen molar-refractivity contribution in [2.24, 2.45) is 10.8 Å². The third-order valence-electron chi connectivity index (χ3n) is 10.5. The fourth-order valence-corrected chi connectivity index (χ4v) is 8.19. The number of ether oxygens (including phenoxy) is 2. The molecule has 4 fully saturated rings. The average Bonchev–Trinajstić information content (AvgIpc) is 2.85. The first-order valence-corrected chi connectivity index (χ1v) is 14.0. The van der Waals surface area contributed by atoms with Gasteiger partial charge in [-0.2, -0.15) is 0 Å². The second kappa shape index (κ2) is 10.2. The van der Waals surface area contributed by atoms with E-state index >= 15 is 0 Å². The predicted molar refractivity (Wildman–Crippen MR) is 133 cm³/mol. The minimum absolute atomic E-state index is 0.336. The van der Waals surface area contributed by atoms with Crippen LogP contribution in [-0.2, 0) is 9.47 Å². The van der Waals surface area contributed by atoms with Crippen molar-refractivity contribution in [2.45, 2.75) is 116 Å². The Hall–Kier alpha value is -0.160. The Kier molecular flexibility index (Phi) is 7.97. The summed E-state index contributed by atoms with van der Waals surface area (Å²) >= 11 is 0. The number of hydrogen-bond acceptors (Lipinski definition) is 4. The molecule has 4 aliphatic rings. The Morgan fingerprint density at radius 2 is 0.844 bits per heavy atom. The summed E-state index contributed by atoms with van der Waals surface area (Å²) in [4.78, 5) is 5.72. The van der Waals surface area contributed by atoms with E-state index in [1.807, 2.05) is 0 Å². The number of nitrogens with zero attached hydrogens (tertiary/aromatic N) is 2. The van der Waals surface area contributed by atoms with Crippen molar-refractivity contribution < 1.29 is 9.47 Å². The van der Waals surface area contributed by atoms with Gasteiger partial charge in [0, 0.05) is 37.3 Å². The van der Waals surface area contributed by atoms with Gasteiger partial charge in [-0.15, -0.1) is 0 Å². The molecule has 32 heavy (non-hydrogen) atoms. The molecule has 186 valence electrons. The second-order valence-electron chi connectivity index (χ2n) is 12.7. The molecule has 0 N–H and O–H groups in total. The molecule has 0 unspecified atom stereocenters. The molecule has 0 spiro atoms. The topological polar surface area (TPSA) is 24.9 Å². The van der Waals surface area contributed by atoms with Crippen molar-refractivity contribution >= 4 is 0 Å². The molecule has 2 saturated carbocycles. The minimum Gasteiger partial charge on any atom is -0.379 e. The molecule has 0 bridgehead atoms. The lowest BCUT2D eigenvalue weighted by molar-refractivity contribution is -0.114. The molecule has 0 radical (unpaired) electrons. The smallest absolute Gasteiger partial charge is 0.0594 e. The second-order valence-corrected chi connectivity index (χ2v) is 12.7. The van der Waals surface area contributed by atoms with Gasteiger partial charge in [-0.05, 0) is 49.4 Å². The monoisotopic (exact) mass is 448 g/mol. The first-order chi connectivity index (χ1) is 15.3. The van der Waals surface area contributed by atoms with Crippen LogP contribution in [0.4, 0.5) is 0 Å². The van der Waals surface area contributed by atoms with Gasteiger partial charge >= 0.3 is 0 Å². The van der Waals surface area contributed by atoms with Gasteiger partial charge in [0.25, 0.3) is 0 Å². The van der Waals surface area contributed by atoms with Gasteiger partial charge in [0.15, 0.2) is 0 Å². The zero-order valence-electron chi connectivity index (χ0n) is 21.9. The van der Waals surface area contributed by atoms with Gasteiger partial charge in [-0.3, -0.25) is 9.80 Å². The molecule has 0 amide bonds. The zero-order chi connectivity index (χ0) is 22.7. The van der Waals surface area contributed by atoms with Crippen LogP contribution in [0, 0.1) is 10.8 Å². The van der Waals surface area contributed by atoms with Crippen LogP contribution < -0.4 is 0 Å². The molecule has 0 aromatic heterocycles. The van der Waals surface area contributed by atoms with E-state index in [1.165, 1.54) is 77.0 Å². The van der Waals surface area contributed by atoms with E-state index in [0.717, 1.165) is 52.6 Å². The number of rotatable bonds is 7. The number of morpholine rings is 2. The summed E-state index contributed by atoms with van der Waals surface area (Å²) in [6.07, 6.45) is 16.7. The van der Waals surface area contributed by atoms with E-state index in [4.69, 9.17) is 9.47 Å². The van der Waals surface area contributed by atoms with Crippen LogP contribution in [0.1, 0.15) is 105 Å². The van der Waals surface area contributed by atoms with E-state index in [9.17, 15) is 0 Å². The van der Waals surface area contributed by atoms with Gasteiger partial charge in [0.05, 0.1) is 26.4 Å². The highest BCUT2D eigenvalue weighted by Crippen LogP contribution is 2.54. The lowest BCUT2D eigenvalue weighted by Crippen LogP contribution is -2.63. The zero-order valence-corrected chi connectivity index (χ0v) is 21.9. The van der Waals surface area contributed by atoms with Gasteiger partial charge in [0.1, 0.15) is 0 Å². The summed E-state index contributed by atoms with van der Waals surface area (Å²) in [5.41, 5.74) is 1.40. The maximum absolute atomic E-state index is 5.76. The molecule has 4 rings (SSSR count). The molecule has 0 aromatic carbocycles. The molecule has 2 heterocycles. The average molecular weight is 449 g/mol. The first kappa shape index (κ1) is 24.9. The van der Waals surface area contributed by atoms with Crippen LogP contribution in [-0.4, -0.2) is 73.5 Å². The molecule has 2 aliphatic carbocycles. The van der Waals surface area contributed by atoms with Crippen molar-refractivity contribution in [3.05, 3.63) is 0 Å². The summed E-state index contributed by atoms with van der Waals surface area (Å²) < 4.78 is 11.5. The molecular weight excluding hydrogens is 396 g/mol. The Labute approximate surface area is 198 Å². The molecule has 4 heteroatoms. The molecular formula is C28H52N2O2. The molecule has 0 aromatic rings. The maximum Gasteiger partial charge on any atom is 0.0594 e. The van der Waals surface area contributed by atoms with Crippen molar-refractivity contribution in [1.29, 1.82) is 0 Å². The third kappa shape index (κ3) is 4.68. The van der Waals surface area contributed by atoms with Crippen LogP contribution in [0.3, 0.4) is 0 Å². The highest BCUT2D eigenvalue weighted by atomic mass is 16.5. The summed E-state index contributed by atoms with van der Waals surface area (Å²) in [6.45, 7) is 18.7. The SMILES string of the molecule is CC(C)(CCC(C)(C)C1(N2CCOCC2)CCCCC1)C1(N2CCOCC2)CCCCC1. The van der Waals surface area contributed by atoms with Crippen LogP contribution in [0.2, 0.25) is 0 Å². The van der Waals surface area contributed by atoms with Gasteiger partial charge in [-0.1, -0.05) is 66.2 Å². The predicted octanol–water partition coefficient (Wildman–Crippen LogP) is 5.89. The Morgan fingerprint density at radius 1 is 0.531 bits per heavy atom. The fraction of sp³-hybridized carbons (Fsp3) is 1.00. The van der Waals surface area contributed by atoms with Gasteiger partial charge in [-0.25, -0.2) is 0 Å². The van der Waals surface area contributed by atoms with E-state index in [-0.39, 0.29) is 0 Å². The highest BCUT2D eigenvalue weighted by molar-refractivity contribution is 5.08. The maximum atomic E-state index is 5.76. The van der Waals surface area contributed by atoms with Gasteiger partial charge < -0.3 is 9.47 Å². The highest BCUT2D eigenvalue weighted by Gasteiger charge is 2.53. The van der Waals surface area contributed by atoms with Crippen LogP contribution >= 0.6 is 0 Å². The van der Waals surface area contributed by atoms with Crippen LogP contribution in [0.25, 0.3) is 0 Å². The van der Waals surface area contributed by atoms with E-state index < -0.39 is 0 Å². The van der Waals surface area contributed by atoms with Crippen molar-refractivity contribution in [2.75, 3.05) is 52.6 Å². The summed E-state index contributed by atoms with van der Waals surface area (Å²) in [5, 5.41) is 0. The molecule has 0 atom stereocenters. The molecule has 4 nitrogen and oxygen atoms in total. The van der Waals surface area contributed by atoms with Crippen LogP contribution in [0.15, 0.2) is 0 Å². The van der Waals surface area contributed by atoms with Gasteiger partial charge in [0.2, 0.25) is 0 Å². The Bertz CT molecular complexity index is 526. The minimum atomic E-state index is 0.336. The molecule has 2 saturated heterocycles. The third-order valence-corrected chi connectivity index (χ3v) is 10.5. The first-order valence-electron chi connectivity index (χ1n) is 14.0.